The number of nitrogens with zero attached hydrogens (tertiary/aromatic N) is 1. The fourth-order valence-electron chi connectivity index (χ4n) is 5.54. The number of hydrogen-bond acceptors (Lipinski definition) is 4. The number of benzene rings is 1. The molecule has 2 aliphatic heterocycles. The van der Waals surface area contributed by atoms with Crippen LogP contribution in [0.2, 0.25) is 0 Å². The van der Waals surface area contributed by atoms with Gasteiger partial charge in [0.25, 0.3) is 5.91 Å². The summed E-state index contributed by atoms with van der Waals surface area (Å²) in [5.41, 5.74) is 1.10. The maximum absolute atomic E-state index is 12.9. The highest BCUT2D eigenvalue weighted by atomic mass is 16.5. The molecule has 6 nitrogen and oxygen atoms in total. The maximum Gasteiger partial charge on any atom is 0.251 e. The van der Waals surface area contributed by atoms with Gasteiger partial charge in [0.15, 0.2) is 0 Å². The number of ether oxygens (including phenoxy) is 1. The molecule has 2 bridgehead atoms. The minimum absolute atomic E-state index is 0.0483. The van der Waals surface area contributed by atoms with Gasteiger partial charge in [-0.3, -0.25) is 19.3 Å². The molecule has 5 atom stereocenters. The summed E-state index contributed by atoms with van der Waals surface area (Å²) < 4.78 is 5.51. The fourth-order valence-corrected chi connectivity index (χ4v) is 5.54. The Morgan fingerprint density at radius 3 is 2.30 bits per heavy atom. The van der Waals surface area contributed by atoms with Crippen LogP contribution in [-0.2, 0) is 14.3 Å². The number of amides is 3. The summed E-state index contributed by atoms with van der Waals surface area (Å²) in [5, 5.41) is 2.89. The number of hydrogen-bond donors (Lipinski definition) is 1. The average Bonchev–Trinajstić information content (AvgIpc) is 3.45. The van der Waals surface area contributed by atoms with Crippen LogP contribution in [-0.4, -0.2) is 37.0 Å². The highest BCUT2D eigenvalue weighted by Crippen LogP contribution is 2.56. The van der Waals surface area contributed by atoms with Crippen LogP contribution in [0.3, 0.4) is 0 Å². The average molecular weight is 368 g/mol. The highest BCUT2D eigenvalue weighted by Gasteiger charge is 2.61. The van der Waals surface area contributed by atoms with Gasteiger partial charge in [-0.05, 0) is 68.2 Å². The first-order valence-corrected chi connectivity index (χ1v) is 10.0. The van der Waals surface area contributed by atoms with Crippen molar-refractivity contribution in [3.63, 3.8) is 0 Å². The van der Waals surface area contributed by atoms with Crippen LogP contribution in [0.1, 0.15) is 42.5 Å². The lowest BCUT2D eigenvalue weighted by Crippen LogP contribution is -2.33. The number of rotatable bonds is 4. The number of nitrogens with one attached hydrogen (secondary N) is 1. The molecule has 0 aromatic heterocycles. The first-order chi connectivity index (χ1) is 13.1. The van der Waals surface area contributed by atoms with E-state index >= 15 is 0 Å². The molecule has 0 radical (unpaired) electrons. The smallest absolute Gasteiger partial charge is 0.251 e. The van der Waals surface area contributed by atoms with E-state index < -0.39 is 0 Å². The number of anilines is 1. The van der Waals surface area contributed by atoms with Crippen LogP contribution in [0.15, 0.2) is 24.3 Å². The van der Waals surface area contributed by atoms with Gasteiger partial charge in [-0.15, -0.1) is 0 Å². The lowest BCUT2D eigenvalue weighted by Gasteiger charge is -2.19. The Morgan fingerprint density at radius 2 is 1.70 bits per heavy atom. The molecule has 3 amide bonds. The van der Waals surface area contributed by atoms with Gasteiger partial charge in [-0.25, -0.2) is 0 Å². The van der Waals surface area contributed by atoms with Crippen molar-refractivity contribution in [2.75, 3.05) is 18.1 Å². The second-order valence-corrected chi connectivity index (χ2v) is 8.29. The van der Waals surface area contributed by atoms with E-state index in [0.717, 1.165) is 38.7 Å². The molecule has 1 aromatic carbocycles. The second kappa shape index (κ2) is 6.44. The van der Waals surface area contributed by atoms with Crippen molar-refractivity contribution in [3.05, 3.63) is 29.8 Å². The van der Waals surface area contributed by atoms with Gasteiger partial charge >= 0.3 is 0 Å². The first-order valence-electron chi connectivity index (χ1n) is 10.0. The summed E-state index contributed by atoms with van der Waals surface area (Å²) >= 11 is 0. The second-order valence-electron chi connectivity index (χ2n) is 8.29. The van der Waals surface area contributed by atoms with E-state index in [0.29, 0.717) is 29.6 Å². The lowest BCUT2D eigenvalue weighted by atomic mass is 9.81. The van der Waals surface area contributed by atoms with Crippen LogP contribution < -0.4 is 10.2 Å². The van der Waals surface area contributed by atoms with E-state index in [1.165, 1.54) is 4.90 Å². The third kappa shape index (κ3) is 2.69. The monoisotopic (exact) mass is 368 g/mol. The summed E-state index contributed by atoms with van der Waals surface area (Å²) in [6.07, 6.45) is 5.29. The van der Waals surface area contributed by atoms with Gasteiger partial charge in [-0.2, -0.15) is 0 Å². The Labute approximate surface area is 158 Å². The molecule has 1 N–H and O–H groups in total. The molecule has 27 heavy (non-hydrogen) atoms. The van der Waals surface area contributed by atoms with Crippen LogP contribution in [0.4, 0.5) is 5.69 Å². The van der Waals surface area contributed by atoms with Gasteiger partial charge < -0.3 is 10.1 Å². The van der Waals surface area contributed by atoms with E-state index in [1.54, 1.807) is 24.3 Å². The fraction of sp³-hybridized carbons (Fsp3) is 0.571. The van der Waals surface area contributed by atoms with Crippen molar-refractivity contribution >= 4 is 23.4 Å². The molecular weight excluding hydrogens is 344 g/mol. The first kappa shape index (κ1) is 16.9. The number of carbonyl (C=O) groups excluding carboxylic acids is 3. The minimum atomic E-state index is -0.161. The normalized spacial score (nSPS) is 34.4. The topological polar surface area (TPSA) is 75.7 Å². The van der Waals surface area contributed by atoms with Crippen molar-refractivity contribution in [2.24, 2.45) is 23.7 Å². The van der Waals surface area contributed by atoms with Gasteiger partial charge in [0, 0.05) is 18.7 Å². The Balaban J connectivity index is 1.28. The molecule has 4 aliphatic rings. The number of fused-ring (bicyclic) bond motifs is 5. The van der Waals surface area contributed by atoms with Gasteiger partial charge in [-0.1, -0.05) is 0 Å². The third-order valence-electron chi connectivity index (χ3n) is 6.83. The summed E-state index contributed by atoms with van der Waals surface area (Å²) in [7, 11) is 0. The molecule has 2 heterocycles. The standard InChI is InChI=1S/C21H24N2O4/c24-19(22-11-16-2-1-9-27-16)12-5-7-15(8-6-12)23-20(25)17-13-3-4-14(10-13)18(17)21(23)26/h5-8,13-14,16-18H,1-4,9-11H2,(H,22,24)/t13-,14+,16-,17-,18+/m1/s1. The van der Waals surface area contributed by atoms with E-state index in [-0.39, 0.29) is 35.7 Å². The molecule has 5 rings (SSSR count). The van der Waals surface area contributed by atoms with E-state index in [9.17, 15) is 14.4 Å². The van der Waals surface area contributed by atoms with Crippen LogP contribution >= 0.6 is 0 Å². The maximum atomic E-state index is 12.9. The molecule has 2 saturated carbocycles. The summed E-state index contributed by atoms with van der Waals surface area (Å²) in [6, 6.07) is 6.78. The van der Waals surface area contributed by atoms with Crippen molar-refractivity contribution in [2.45, 2.75) is 38.2 Å². The van der Waals surface area contributed by atoms with E-state index in [1.807, 2.05) is 0 Å². The summed E-state index contributed by atoms with van der Waals surface area (Å²) in [4.78, 5) is 39.4. The molecular formula is C21H24N2O4. The van der Waals surface area contributed by atoms with Crippen molar-refractivity contribution in [3.8, 4) is 0 Å². The lowest BCUT2D eigenvalue weighted by molar-refractivity contribution is -0.123. The summed E-state index contributed by atoms with van der Waals surface area (Å²) in [5.74, 6) is 0.261. The minimum Gasteiger partial charge on any atom is -0.376 e. The molecule has 2 saturated heterocycles. The third-order valence-corrected chi connectivity index (χ3v) is 6.83. The molecule has 0 unspecified atom stereocenters. The molecule has 6 heteroatoms. The summed E-state index contributed by atoms with van der Waals surface area (Å²) in [6.45, 7) is 1.27. The van der Waals surface area contributed by atoms with Gasteiger partial charge in [0.1, 0.15) is 0 Å². The molecule has 4 fully saturated rings. The predicted octanol–water partition coefficient (Wildman–Crippen LogP) is 2.13. The van der Waals surface area contributed by atoms with Crippen LogP contribution in [0.5, 0.6) is 0 Å². The quantitative estimate of drug-likeness (QED) is 0.826. The zero-order valence-electron chi connectivity index (χ0n) is 15.2. The Bertz CT molecular complexity index is 756. The van der Waals surface area contributed by atoms with Crippen molar-refractivity contribution < 1.29 is 19.1 Å². The molecule has 2 aliphatic carbocycles. The zero-order chi connectivity index (χ0) is 18.5. The van der Waals surface area contributed by atoms with Crippen molar-refractivity contribution in [1.29, 1.82) is 0 Å². The van der Waals surface area contributed by atoms with Crippen molar-refractivity contribution in [1.82, 2.24) is 5.32 Å². The van der Waals surface area contributed by atoms with E-state index in [4.69, 9.17) is 4.74 Å². The zero-order valence-corrected chi connectivity index (χ0v) is 15.2. The van der Waals surface area contributed by atoms with Crippen LogP contribution in [0, 0.1) is 23.7 Å². The van der Waals surface area contributed by atoms with Gasteiger partial charge in [0.2, 0.25) is 11.8 Å². The largest absolute Gasteiger partial charge is 0.376 e. The van der Waals surface area contributed by atoms with Gasteiger partial charge in [0.05, 0.1) is 23.6 Å². The number of carbonyl (C=O) groups is 3. The highest BCUT2D eigenvalue weighted by molar-refractivity contribution is 6.22. The van der Waals surface area contributed by atoms with Crippen LogP contribution in [0.25, 0.3) is 0 Å². The Morgan fingerprint density at radius 1 is 1.04 bits per heavy atom. The predicted molar refractivity (Wildman–Crippen MR) is 98.1 cm³/mol. The van der Waals surface area contributed by atoms with E-state index in [2.05, 4.69) is 5.32 Å². The molecule has 0 spiro atoms. The Kier molecular flexibility index (Phi) is 4.04. The Hall–Kier alpha value is -2.21. The molecule has 1 aromatic rings. The molecule has 142 valence electrons. The SMILES string of the molecule is O=C(NC[C@H]1CCCO1)c1ccc(N2C(=O)[C@@H]3[C@@H]4CC[C@@H](C4)[C@@H]3C2=O)cc1. The number of imide groups is 1.